The summed E-state index contributed by atoms with van der Waals surface area (Å²) in [6.07, 6.45) is -11.7. The molecule has 86 valence electrons. The van der Waals surface area contributed by atoms with Crippen molar-refractivity contribution in [2.24, 2.45) is 0 Å². The average Bonchev–Trinajstić information content (AvgIpc) is 2.49. The van der Waals surface area contributed by atoms with E-state index in [-0.39, 0.29) is 6.07 Å². The maximum absolute atomic E-state index is 13.0. The van der Waals surface area contributed by atoms with Crippen molar-refractivity contribution >= 4 is 0 Å². The second-order valence-electron chi connectivity index (χ2n) is 2.63. The average molecular weight is 236 g/mol. The molecule has 0 unspecified atom stereocenters. The van der Waals surface area contributed by atoms with Crippen LogP contribution in [0, 0.1) is 0 Å². The molecule has 0 radical (unpaired) electrons. The third kappa shape index (κ3) is 1.68. The van der Waals surface area contributed by atoms with E-state index in [0.29, 0.717) is 6.26 Å². The van der Waals surface area contributed by atoms with Gasteiger partial charge in [-0.25, -0.2) is 4.39 Å². The highest BCUT2D eigenvalue weighted by Crippen LogP contribution is 2.53. The van der Waals surface area contributed by atoms with Crippen molar-refractivity contribution in [3.8, 4) is 0 Å². The summed E-state index contributed by atoms with van der Waals surface area (Å²) in [5, 5.41) is 0. The second kappa shape index (κ2) is 3.14. The van der Waals surface area contributed by atoms with Crippen LogP contribution >= 0.6 is 0 Å². The summed E-state index contributed by atoms with van der Waals surface area (Å²) in [7, 11) is 0. The van der Waals surface area contributed by atoms with Gasteiger partial charge in [-0.1, -0.05) is 0 Å². The first-order valence-corrected chi connectivity index (χ1v) is 3.47. The number of hydrogen-bond acceptors (Lipinski definition) is 1. The Morgan fingerprint density at radius 1 is 0.867 bits per heavy atom. The van der Waals surface area contributed by atoms with Gasteiger partial charge in [0.1, 0.15) is 0 Å². The number of alkyl halides is 7. The van der Waals surface area contributed by atoms with Crippen LogP contribution < -0.4 is 0 Å². The summed E-state index contributed by atoms with van der Waals surface area (Å²) >= 11 is 0. The van der Waals surface area contributed by atoms with Gasteiger partial charge in [0.25, 0.3) is 0 Å². The fourth-order valence-electron chi connectivity index (χ4n) is 0.915. The first kappa shape index (κ1) is 11.9. The Kier molecular flexibility index (Phi) is 2.48. The molecule has 0 aliphatic carbocycles. The van der Waals surface area contributed by atoms with Crippen molar-refractivity contribution in [1.82, 2.24) is 0 Å². The smallest absolute Gasteiger partial charge is 0.439 e. The van der Waals surface area contributed by atoms with Gasteiger partial charge in [-0.15, -0.1) is 0 Å². The van der Waals surface area contributed by atoms with Crippen LogP contribution in [0.15, 0.2) is 22.8 Å². The van der Waals surface area contributed by atoms with E-state index in [1.54, 1.807) is 0 Å². The lowest BCUT2D eigenvalue weighted by Crippen LogP contribution is -2.50. The SMILES string of the molecule is FC(F)(F)C(F)(c1ccco1)C(F)(F)F. The van der Waals surface area contributed by atoms with Crippen molar-refractivity contribution in [1.29, 1.82) is 0 Å². The Morgan fingerprint density at radius 3 is 1.60 bits per heavy atom. The molecule has 0 N–H and O–H groups in total. The van der Waals surface area contributed by atoms with E-state index in [1.807, 2.05) is 0 Å². The largest absolute Gasteiger partial charge is 0.465 e. The monoisotopic (exact) mass is 236 g/mol. The molecule has 1 rings (SSSR count). The molecule has 0 bridgehead atoms. The Bertz CT molecular complexity index is 306. The summed E-state index contributed by atoms with van der Waals surface area (Å²) < 4.78 is 88.9. The van der Waals surface area contributed by atoms with Crippen LogP contribution in [-0.2, 0) is 5.67 Å². The van der Waals surface area contributed by atoms with Crippen LogP contribution in [0.1, 0.15) is 5.76 Å². The van der Waals surface area contributed by atoms with Crippen molar-refractivity contribution < 1.29 is 35.2 Å². The van der Waals surface area contributed by atoms with E-state index in [1.165, 1.54) is 0 Å². The summed E-state index contributed by atoms with van der Waals surface area (Å²) in [4.78, 5) is 0. The van der Waals surface area contributed by atoms with E-state index >= 15 is 0 Å². The topological polar surface area (TPSA) is 13.1 Å². The minimum absolute atomic E-state index is 0.279. The molecule has 0 aliphatic rings. The third-order valence-corrected chi connectivity index (χ3v) is 1.64. The molecule has 1 nitrogen and oxygen atoms in total. The summed E-state index contributed by atoms with van der Waals surface area (Å²) in [5.74, 6) is -1.83. The molecule has 0 saturated heterocycles. The van der Waals surface area contributed by atoms with Gasteiger partial charge in [0.2, 0.25) is 0 Å². The van der Waals surface area contributed by atoms with Crippen molar-refractivity contribution in [2.75, 3.05) is 0 Å². The predicted molar refractivity (Wildman–Crippen MR) is 33.6 cm³/mol. The Hall–Kier alpha value is -1.21. The van der Waals surface area contributed by atoms with E-state index in [9.17, 15) is 30.7 Å². The lowest BCUT2D eigenvalue weighted by molar-refractivity contribution is -0.353. The standard InChI is InChI=1S/C7H3F7O/c8-5(6(9,10)11,7(12,13)14)4-2-1-3-15-4/h1-3H. The molecule has 0 amide bonds. The summed E-state index contributed by atoms with van der Waals surface area (Å²) in [5.41, 5.74) is -5.47. The van der Waals surface area contributed by atoms with Gasteiger partial charge in [0, 0.05) is 0 Å². The van der Waals surface area contributed by atoms with Gasteiger partial charge in [-0.05, 0) is 12.1 Å². The molecule has 1 aromatic rings. The van der Waals surface area contributed by atoms with Crippen LogP contribution in [-0.4, -0.2) is 12.4 Å². The normalized spacial score (nSPS) is 14.3. The zero-order valence-electron chi connectivity index (χ0n) is 6.79. The van der Waals surface area contributed by atoms with Gasteiger partial charge >= 0.3 is 18.0 Å². The second-order valence-corrected chi connectivity index (χ2v) is 2.63. The van der Waals surface area contributed by atoms with Gasteiger partial charge in [0.15, 0.2) is 5.76 Å². The van der Waals surface area contributed by atoms with E-state index in [0.717, 1.165) is 6.07 Å². The molecule has 1 aromatic heterocycles. The lowest BCUT2D eigenvalue weighted by atomic mass is 10.0. The number of hydrogen-bond donors (Lipinski definition) is 0. The van der Waals surface area contributed by atoms with Gasteiger partial charge < -0.3 is 4.42 Å². The van der Waals surface area contributed by atoms with Gasteiger partial charge in [-0.2, -0.15) is 26.3 Å². The number of rotatable bonds is 1. The quantitative estimate of drug-likeness (QED) is 0.679. The fraction of sp³-hybridized carbons (Fsp3) is 0.429. The Labute approximate surface area is 78.5 Å². The molecular formula is C7H3F7O. The van der Waals surface area contributed by atoms with Crippen molar-refractivity contribution in [3.63, 3.8) is 0 Å². The molecular weight excluding hydrogens is 233 g/mol. The molecule has 0 aromatic carbocycles. The van der Waals surface area contributed by atoms with Crippen LogP contribution in [0.2, 0.25) is 0 Å². The minimum Gasteiger partial charge on any atom is -0.465 e. The first-order chi connectivity index (χ1) is 6.61. The van der Waals surface area contributed by atoms with E-state index < -0.39 is 23.8 Å². The van der Waals surface area contributed by atoms with Gasteiger partial charge in [0.05, 0.1) is 6.26 Å². The zero-order chi connectivity index (χ0) is 11.9. The van der Waals surface area contributed by atoms with Crippen molar-refractivity contribution in [2.45, 2.75) is 18.0 Å². The molecule has 0 saturated carbocycles. The number of furan rings is 1. The maximum atomic E-state index is 13.0. The Balaban J connectivity index is 3.33. The van der Waals surface area contributed by atoms with E-state index in [2.05, 4.69) is 4.42 Å². The molecule has 1 heterocycles. The molecule has 0 atom stereocenters. The van der Waals surface area contributed by atoms with E-state index in [4.69, 9.17) is 0 Å². The van der Waals surface area contributed by atoms with Gasteiger partial charge in [-0.3, -0.25) is 0 Å². The van der Waals surface area contributed by atoms with Crippen LogP contribution in [0.3, 0.4) is 0 Å². The molecule has 8 heteroatoms. The zero-order valence-corrected chi connectivity index (χ0v) is 6.79. The summed E-state index contributed by atoms with van der Waals surface area (Å²) in [6, 6.07) is 1.02. The highest BCUT2D eigenvalue weighted by molar-refractivity contribution is 5.15. The lowest BCUT2D eigenvalue weighted by Gasteiger charge is -2.27. The highest BCUT2D eigenvalue weighted by atomic mass is 19.4. The van der Waals surface area contributed by atoms with Crippen LogP contribution in [0.4, 0.5) is 30.7 Å². The maximum Gasteiger partial charge on any atom is 0.439 e. The molecule has 0 spiro atoms. The molecule has 0 aliphatic heterocycles. The van der Waals surface area contributed by atoms with Crippen LogP contribution in [0.5, 0.6) is 0 Å². The first-order valence-electron chi connectivity index (χ1n) is 3.47. The Morgan fingerprint density at radius 2 is 1.33 bits per heavy atom. The third-order valence-electron chi connectivity index (χ3n) is 1.64. The molecule has 0 fully saturated rings. The summed E-state index contributed by atoms with van der Waals surface area (Å²) in [6.45, 7) is 0. The predicted octanol–water partition coefficient (Wildman–Crippen LogP) is 3.57. The van der Waals surface area contributed by atoms with Crippen LogP contribution in [0.25, 0.3) is 0 Å². The minimum atomic E-state index is -6.12. The van der Waals surface area contributed by atoms with Crippen molar-refractivity contribution in [3.05, 3.63) is 24.2 Å². The highest BCUT2D eigenvalue weighted by Gasteiger charge is 2.75. The number of halogens is 7. The fourth-order valence-corrected chi connectivity index (χ4v) is 0.915. The molecule has 15 heavy (non-hydrogen) atoms.